The predicted molar refractivity (Wildman–Crippen MR) is 147 cm³/mol. The monoisotopic (exact) mass is 511 g/mol. The van der Waals surface area contributed by atoms with Crippen LogP contribution in [0, 0.1) is 5.82 Å². The number of halogens is 1. The number of carbonyl (C=O) groups excluding carboxylic acids is 1. The Labute approximate surface area is 218 Å². The van der Waals surface area contributed by atoms with Crippen LogP contribution in [0.3, 0.4) is 0 Å². The maximum atomic E-state index is 14.7. The molecule has 0 aliphatic carbocycles. The van der Waals surface area contributed by atoms with Gasteiger partial charge in [-0.1, -0.05) is 78.1 Å². The van der Waals surface area contributed by atoms with E-state index in [0.717, 1.165) is 9.79 Å². The van der Waals surface area contributed by atoms with E-state index in [1.165, 1.54) is 34.9 Å². The number of aromatic hydroxyl groups is 1. The first-order valence-electron chi connectivity index (χ1n) is 11.2. The number of hydrogen-bond acceptors (Lipinski definition) is 3. The van der Waals surface area contributed by atoms with Crippen molar-refractivity contribution in [3.8, 4) is 5.75 Å². The van der Waals surface area contributed by atoms with Crippen molar-refractivity contribution in [3.05, 3.63) is 150 Å². The lowest BCUT2D eigenvalue weighted by Gasteiger charge is -2.06. The Hall–Kier alpha value is -3.80. The van der Waals surface area contributed by atoms with Crippen LogP contribution in [0.5, 0.6) is 5.75 Å². The van der Waals surface area contributed by atoms with Crippen molar-refractivity contribution < 1.29 is 14.3 Å². The molecule has 0 fully saturated rings. The summed E-state index contributed by atoms with van der Waals surface area (Å²) in [7, 11) is 0. The van der Waals surface area contributed by atoms with E-state index >= 15 is 0 Å². The van der Waals surface area contributed by atoms with Crippen molar-refractivity contribution in [1.29, 1.82) is 0 Å². The van der Waals surface area contributed by atoms with Crippen LogP contribution in [0.2, 0.25) is 0 Å². The van der Waals surface area contributed by atoms with E-state index < -0.39 is 5.82 Å². The van der Waals surface area contributed by atoms with Crippen LogP contribution in [0.1, 0.15) is 11.1 Å². The largest absolute Gasteiger partial charge is 0.508 e. The number of hydrogen-bond donors (Lipinski definition) is 1. The van der Waals surface area contributed by atoms with Crippen molar-refractivity contribution in [1.82, 2.24) is 0 Å². The molecule has 2 nitrogen and oxygen atoms in total. The molecule has 178 valence electrons. The van der Waals surface area contributed by atoms with Crippen LogP contribution in [-0.4, -0.2) is 15.7 Å². The fraction of sp³-hybridized carbons (Fsp3) is 0. The Balaban J connectivity index is 0.000000445. The van der Waals surface area contributed by atoms with Crippen LogP contribution in [-0.2, 0) is 0 Å². The summed E-state index contributed by atoms with van der Waals surface area (Å²) < 4.78 is 14.7. The van der Waals surface area contributed by atoms with Gasteiger partial charge in [-0.05, 0) is 78.9 Å². The molecule has 5 heteroatoms. The van der Waals surface area contributed by atoms with E-state index in [4.69, 9.17) is 0 Å². The molecule has 36 heavy (non-hydrogen) atoms. The molecule has 0 aliphatic rings. The van der Waals surface area contributed by atoms with Gasteiger partial charge in [0.2, 0.25) is 0 Å². The van der Waals surface area contributed by atoms with Gasteiger partial charge in [0, 0.05) is 19.6 Å². The lowest BCUT2D eigenvalue weighted by atomic mass is 10.0. The summed E-state index contributed by atoms with van der Waals surface area (Å²) in [5, 5.41) is 9.37. The molecule has 0 unspecified atom stereocenters. The van der Waals surface area contributed by atoms with E-state index in [9.17, 15) is 14.3 Å². The second-order valence-electron chi connectivity index (χ2n) is 7.68. The van der Waals surface area contributed by atoms with Gasteiger partial charge in [-0.15, -0.1) is 0 Å². The van der Waals surface area contributed by atoms with E-state index in [1.54, 1.807) is 36.0 Å². The molecule has 0 bridgehead atoms. The minimum absolute atomic E-state index is 0.0345. The van der Waals surface area contributed by atoms with Crippen LogP contribution in [0.4, 0.5) is 4.39 Å². The van der Waals surface area contributed by atoms with Crippen LogP contribution in [0.15, 0.2) is 153 Å². The Bertz CT molecular complexity index is 1360. The lowest BCUT2D eigenvalue weighted by molar-refractivity contribution is 0.475. The zero-order chi connectivity index (χ0) is 25.2. The van der Waals surface area contributed by atoms with Crippen molar-refractivity contribution in [2.45, 2.75) is 19.6 Å². The summed E-state index contributed by atoms with van der Waals surface area (Å²) in [6.07, 6.45) is 0. The number of rotatable bonds is 6. The van der Waals surface area contributed by atoms with Gasteiger partial charge in [0.15, 0.2) is 0 Å². The van der Waals surface area contributed by atoms with Crippen molar-refractivity contribution in [3.63, 3.8) is 0 Å². The lowest BCUT2D eigenvalue weighted by Crippen LogP contribution is -2.03. The average Bonchev–Trinajstić information content (AvgIpc) is 2.93. The zero-order valence-corrected chi connectivity index (χ0v) is 20.9. The highest BCUT2D eigenvalue weighted by Crippen LogP contribution is 2.33. The molecule has 5 aromatic rings. The molecule has 0 saturated heterocycles. The van der Waals surface area contributed by atoms with Crippen LogP contribution < -0.4 is 0 Å². The Kier molecular flexibility index (Phi) is 8.98. The molecule has 0 saturated carbocycles. The van der Waals surface area contributed by atoms with E-state index in [1.807, 2.05) is 78.9 Å². The molecule has 5 aromatic carbocycles. The van der Waals surface area contributed by atoms with Gasteiger partial charge in [-0.25, -0.2) is 4.39 Å². The molecule has 0 heterocycles. The summed E-state index contributed by atoms with van der Waals surface area (Å²) in [6, 6.07) is 40.9. The fourth-order valence-corrected chi connectivity index (χ4v) is 4.89. The molecule has 5 rings (SSSR count). The number of ketones is 1. The fourth-order valence-electron chi connectivity index (χ4n) is 3.23. The first-order chi connectivity index (χ1) is 17.6. The second kappa shape index (κ2) is 12.8. The van der Waals surface area contributed by atoms with E-state index in [-0.39, 0.29) is 11.5 Å². The third-order valence-electron chi connectivity index (χ3n) is 5.04. The van der Waals surface area contributed by atoms with Crippen molar-refractivity contribution in [2.75, 3.05) is 0 Å². The summed E-state index contributed by atoms with van der Waals surface area (Å²) in [6.45, 7) is 0. The van der Waals surface area contributed by atoms with Gasteiger partial charge in [-0.3, -0.25) is 4.79 Å². The van der Waals surface area contributed by atoms with E-state index in [0.29, 0.717) is 16.0 Å². The Morgan fingerprint density at radius 2 is 1.03 bits per heavy atom. The maximum absolute atomic E-state index is 14.7. The van der Waals surface area contributed by atoms with E-state index in [2.05, 4.69) is 12.1 Å². The van der Waals surface area contributed by atoms with Gasteiger partial charge in [0.1, 0.15) is 11.6 Å². The molecule has 0 spiro atoms. The second-order valence-corrected chi connectivity index (χ2v) is 9.95. The van der Waals surface area contributed by atoms with Crippen molar-refractivity contribution in [2.24, 2.45) is 0 Å². The van der Waals surface area contributed by atoms with Gasteiger partial charge < -0.3 is 5.11 Å². The third-order valence-corrected chi connectivity index (χ3v) is 7.12. The van der Waals surface area contributed by atoms with Crippen LogP contribution in [0.25, 0.3) is 0 Å². The average molecular weight is 512 g/mol. The topological polar surface area (TPSA) is 41.6 Å². The molecule has 0 aromatic heterocycles. The zero-order valence-electron chi connectivity index (χ0n) is 19.3. The first kappa shape index (κ1) is 25.3. The first-order valence-corrected chi connectivity index (χ1v) is 12.9. The van der Waals surface area contributed by atoms with Gasteiger partial charge in [0.25, 0.3) is 0 Å². The highest BCUT2D eigenvalue weighted by Gasteiger charge is 2.18. The number of benzene rings is 5. The normalized spacial score (nSPS) is 10.2. The molecule has 2 N–H and O–H groups in total. The third kappa shape index (κ3) is 7.35. The minimum Gasteiger partial charge on any atom is -0.508 e. The van der Waals surface area contributed by atoms with Crippen molar-refractivity contribution >= 4 is 29.3 Å². The number of phenols is 1. The quantitative estimate of drug-likeness (QED) is 0.184. The van der Waals surface area contributed by atoms with Gasteiger partial charge in [0.05, 0.1) is 11.1 Å². The highest BCUT2D eigenvalue weighted by molar-refractivity contribution is 7.99. The molecule has 0 atom stereocenters. The highest BCUT2D eigenvalue weighted by atomic mass is 32.2. The molecule has 0 aliphatic heterocycles. The molecule has 0 radical (unpaired) electrons. The Morgan fingerprint density at radius 1 is 0.556 bits per heavy atom. The Morgan fingerprint density at radius 3 is 1.58 bits per heavy atom. The van der Waals surface area contributed by atoms with Crippen LogP contribution >= 0.6 is 23.5 Å². The smallest absolute Gasteiger partial charge is 0.354 e. The van der Waals surface area contributed by atoms with Gasteiger partial charge >= 0.3 is 5.78 Å². The number of phenolic OH excluding ortho intramolecular Hbond substituents is 1. The molecular formula is C31H24FO2S2+. The standard InChI is InChI=1S/C25H17FO2S2.C6H6/c26-23-16-18(25(28)17-6-9-19(27)10-7-17)8-15-24(23)30-22-13-11-21(12-14-22)29-20-4-2-1-3-5-20;1-2-4-6-5-3-1/h1-16,27H;1-6H/p+1. The van der Waals surface area contributed by atoms with Gasteiger partial charge in [-0.2, -0.15) is 0 Å². The summed E-state index contributed by atoms with van der Waals surface area (Å²) >= 11 is 3.02. The minimum atomic E-state index is -0.398. The summed E-state index contributed by atoms with van der Waals surface area (Å²) in [4.78, 5) is 14.1. The summed E-state index contributed by atoms with van der Waals surface area (Å²) in [5.41, 5.74) is 0.899. The SMILES string of the molecule is Oc1ccc(C(=[OH+])c2ccc(Sc3ccc(Sc4ccccc4)cc3)c(F)c2)cc1.c1ccccc1. The summed E-state index contributed by atoms with van der Waals surface area (Å²) in [5.74, 6) is -0.323. The maximum Gasteiger partial charge on any atom is 0.354 e. The molecular weight excluding hydrogens is 487 g/mol. The molecule has 0 amide bonds. The predicted octanol–water partition coefficient (Wildman–Crippen LogP) is 8.46.